The molecule has 0 bridgehead atoms. The quantitative estimate of drug-likeness (QED) is 0.0353. The van der Waals surface area contributed by atoms with Gasteiger partial charge in [0.15, 0.2) is 6.10 Å². The Balaban J connectivity index is 4.30. The van der Waals surface area contributed by atoms with Crippen molar-refractivity contribution in [3.05, 3.63) is 0 Å². The summed E-state index contributed by atoms with van der Waals surface area (Å²) in [5.74, 6) is -1.72. The maximum atomic E-state index is 12.7. The minimum atomic E-state index is -1.12. The van der Waals surface area contributed by atoms with Crippen LogP contribution in [0.1, 0.15) is 206 Å². The van der Waals surface area contributed by atoms with Gasteiger partial charge >= 0.3 is 11.9 Å². The van der Waals surface area contributed by atoms with Crippen LogP contribution in [0.15, 0.2) is 0 Å². The van der Waals surface area contributed by atoms with Crippen molar-refractivity contribution >= 4 is 17.9 Å². The molecule has 51 heavy (non-hydrogen) atoms. The van der Waals surface area contributed by atoms with Gasteiger partial charge in [-0.1, -0.05) is 174 Å². The van der Waals surface area contributed by atoms with Gasteiger partial charge in [-0.25, -0.2) is 0 Å². The number of likely N-dealkylation sites (N-methyl/N-ethyl adjacent to an activating group) is 1. The molecule has 8 heteroatoms. The second-order valence-corrected chi connectivity index (χ2v) is 15.9. The largest absolute Gasteiger partial charge is 0.544 e. The maximum Gasteiger partial charge on any atom is 0.306 e. The lowest BCUT2D eigenvalue weighted by Gasteiger charge is -2.34. The molecule has 0 spiro atoms. The van der Waals surface area contributed by atoms with Gasteiger partial charge in [-0.3, -0.25) is 9.59 Å². The lowest BCUT2D eigenvalue weighted by molar-refractivity contribution is -0.889. The fourth-order valence-electron chi connectivity index (χ4n) is 6.60. The second kappa shape index (κ2) is 35.4. The lowest BCUT2D eigenvalue weighted by atomic mass is 10.0. The van der Waals surface area contributed by atoms with Crippen molar-refractivity contribution in [3.63, 3.8) is 0 Å². The molecule has 0 aliphatic rings. The van der Waals surface area contributed by atoms with Crippen LogP contribution in [-0.2, 0) is 28.6 Å². The summed E-state index contributed by atoms with van der Waals surface area (Å²) in [5.41, 5.74) is 0. The van der Waals surface area contributed by atoms with Gasteiger partial charge in [0.2, 0.25) is 0 Å². The molecule has 0 amide bonds. The number of nitrogens with zero attached hydrogens (tertiary/aromatic N) is 1. The SMILES string of the molecule is CCCCCCCCCCCCCCCCCC(=O)OCC(COCCC(C(=O)[O-])[N+](C)(C)C)OC(=O)CCCCCCCCCCCCCC. The molecule has 0 aromatic rings. The van der Waals surface area contributed by atoms with Gasteiger partial charge in [0, 0.05) is 19.3 Å². The van der Waals surface area contributed by atoms with Gasteiger partial charge in [0.25, 0.3) is 0 Å². The van der Waals surface area contributed by atoms with Crippen molar-refractivity contribution in [2.24, 2.45) is 0 Å². The van der Waals surface area contributed by atoms with Crippen molar-refractivity contribution in [1.29, 1.82) is 0 Å². The molecule has 0 rings (SSSR count). The summed E-state index contributed by atoms with van der Waals surface area (Å²) in [6, 6.07) is -0.718. The molecule has 0 saturated heterocycles. The van der Waals surface area contributed by atoms with Crippen LogP contribution < -0.4 is 5.11 Å². The first-order chi connectivity index (χ1) is 24.6. The molecule has 302 valence electrons. The highest BCUT2D eigenvalue weighted by Crippen LogP contribution is 2.16. The van der Waals surface area contributed by atoms with E-state index in [2.05, 4.69) is 13.8 Å². The number of carbonyl (C=O) groups excluding carboxylic acids is 3. The summed E-state index contributed by atoms with van der Waals surface area (Å²) in [5, 5.41) is 11.6. The van der Waals surface area contributed by atoms with E-state index < -0.39 is 18.1 Å². The number of hydrogen-bond donors (Lipinski definition) is 0. The van der Waals surface area contributed by atoms with Crippen LogP contribution in [0.5, 0.6) is 0 Å². The highest BCUT2D eigenvalue weighted by Gasteiger charge is 2.25. The fourth-order valence-corrected chi connectivity index (χ4v) is 6.60. The second-order valence-electron chi connectivity index (χ2n) is 15.9. The minimum Gasteiger partial charge on any atom is -0.544 e. The molecule has 2 unspecified atom stereocenters. The maximum absolute atomic E-state index is 12.7. The predicted octanol–water partition coefficient (Wildman–Crippen LogP) is 10.0. The molecule has 0 aromatic carbocycles. The van der Waals surface area contributed by atoms with E-state index in [1.807, 2.05) is 0 Å². The third kappa shape index (κ3) is 33.9. The normalized spacial score (nSPS) is 12.9. The van der Waals surface area contributed by atoms with Crippen LogP contribution in [0.4, 0.5) is 0 Å². The standard InChI is InChI=1S/C43H83NO7/c1-6-8-10-12-14-16-18-20-21-22-24-25-27-29-31-33-41(45)50-38-39(37-49-36-35-40(43(47)48)44(3,4)5)51-42(46)34-32-30-28-26-23-19-17-15-13-11-9-7-2/h39-40H,6-38H2,1-5H3. The smallest absolute Gasteiger partial charge is 0.306 e. The molecule has 0 radical (unpaired) electrons. The van der Waals surface area contributed by atoms with Crippen molar-refractivity contribution < 1.29 is 38.2 Å². The van der Waals surface area contributed by atoms with Crippen molar-refractivity contribution in [1.82, 2.24) is 0 Å². The summed E-state index contributed by atoms with van der Waals surface area (Å²) in [6.07, 6.45) is 34.0. The summed E-state index contributed by atoms with van der Waals surface area (Å²) < 4.78 is 17.2. The molecule has 0 N–H and O–H groups in total. The van der Waals surface area contributed by atoms with Crippen LogP contribution >= 0.6 is 0 Å². The number of carbonyl (C=O) groups is 3. The Morgan fingerprint density at radius 2 is 0.863 bits per heavy atom. The van der Waals surface area contributed by atoms with Gasteiger partial charge in [0.1, 0.15) is 12.6 Å². The van der Waals surface area contributed by atoms with E-state index in [-0.39, 0.29) is 42.7 Å². The summed E-state index contributed by atoms with van der Waals surface area (Å²) in [7, 11) is 5.41. The third-order valence-corrected chi connectivity index (χ3v) is 9.99. The van der Waals surface area contributed by atoms with E-state index in [1.54, 1.807) is 21.1 Å². The van der Waals surface area contributed by atoms with Gasteiger partial charge in [-0.05, 0) is 12.8 Å². The first-order valence-electron chi connectivity index (χ1n) is 21.6. The zero-order valence-electron chi connectivity index (χ0n) is 34.3. The average Bonchev–Trinajstić information content (AvgIpc) is 3.08. The van der Waals surface area contributed by atoms with Crippen LogP contribution in [0.3, 0.4) is 0 Å². The van der Waals surface area contributed by atoms with Crippen LogP contribution in [-0.4, -0.2) is 75.5 Å². The van der Waals surface area contributed by atoms with E-state index in [1.165, 1.54) is 135 Å². The summed E-state index contributed by atoms with van der Waals surface area (Å²) >= 11 is 0. The van der Waals surface area contributed by atoms with E-state index in [9.17, 15) is 19.5 Å². The first kappa shape index (κ1) is 49.3. The number of ether oxygens (including phenoxy) is 3. The molecule has 2 atom stereocenters. The van der Waals surface area contributed by atoms with Crippen molar-refractivity contribution in [3.8, 4) is 0 Å². The minimum absolute atomic E-state index is 0.0489. The molecular weight excluding hydrogens is 642 g/mol. The van der Waals surface area contributed by atoms with Gasteiger partial charge in [-0.15, -0.1) is 0 Å². The monoisotopic (exact) mass is 726 g/mol. The highest BCUT2D eigenvalue weighted by molar-refractivity contribution is 5.70. The summed E-state index contributed by atoms with van der Waals surface area (Å²) in [6.45, 7) is 4.68. The Kier molecular flexibility index (Phi) is 34.2. The third-order valence-electron chi connectivity index (χ3n) is 9.99. The Morgan fingerprint density at radius 3 is 1.22 bits per heavy atom. The number of carboxylic acids is 1. The molecular formula is C43H83NO7. The number of unbranched alkanes of at least 4 members (excludes halogenated alkanes) is 25. The number of esters is 2. The van der Waals surface area contributed by atoms with E-state index in [4.69, 9.17) is 14.2 Å². The Labute approximate surface area is 315 Å². The zero-order valence-corrected chi connectivity index (χ0v) is 34.3. The van der Waals surface area contributed by atoms with Crippen LogP contribution in [0, 0.1) is 0 Å². The van der Waals surface area contributed by atoms with E-state index in [0.29, 0.717) is 12.8 Å². The highest BCUT2D eigenvalue weighted by atomic mass is 16.6. The van der Waals surface area contributed by atoms with Gasteiger partial charge in [0.05, 0.1) is 40.3 Å². The Hall–Kier alpha value is -1.67. The molecule has 0 fully saturated rings. The van der Waals surface area contributed by atoms with E-state index >= 15 is 0 Å². The Morgan fingerprint density at radius 1 is 0.510 bits per heavy atom. The van der Waals surface area contributed by atoms with Crippen LogP contribution in [0.25, 0.3) is 0 Å². The molecule has 8 nitrogen and oxygen atoms in total. The number of rotatable bonds is 39. The Bertz CT molecular complexity index is 813. The van der Waals surface area contributed by atoms with Gasteiger partial charge in [-0.2, -0.15) is 0 Å². The molecule has 0 aliphatic carbocycles. The molecule has 0 aliphatic heterocycles. The topological polar surface area (TPSA) is 102 Å². The number of carboxylic acid groups (broad SMARTS) is 1. The molecule has 0 heterocycles. The van der Waals surface area contributed by atoms with Crippen molar-refractivity contribution in [2.45, 2.75) is 219 Å². The van der Waals surface area contributed by atoms with Gasteiger partial charge < -0.3 is 28.6 Å². The van der Waals surface area contributed by atoms with E-state index in [0.717, 1.165) is 38.5 Å². The number of aliphatic carboxylic acids is 1. The molecule has 0 saturated carbocycles. The summed E-state index contributed by atoms with van der Waals surface area (Å²) in [4.78, 5) is 36.7. The predicted molar refractivity (Wildman–Crippen MR) is 208 cm³/mol. The van der Waals surface area contributed by atoms with Crippen molar-refractivity contribution in [2.75, 3.05) is 41.0 Å². The zero-order chi connectivity index (χ0) is 37.8. The average molecular weight is 726 g/mol. The first-order valence-corrected chi connectivity index (χ1v) is 21.6. The number of hydrogen-bond acceptors (Lipinski definition) is 7. The fraction of sp³-hybridized carbons (Fsp3) is 0.930. The number of quaternary nitrogens is 1. The lowest BCUT2D eigenvalue weighted by Crippen LogP contribution is -2.55. The molecule has 0 aromatic heterocycles. The van der Waals surface area contributed by atoms with Crippen LogP contribution in [0.2, 0.25) is 0 Å².